The number of rotatable bonds is 12. The number of amides is 2. The van der Waals surface area contributed by atoms with Crippen molar-refractivity contribution in [1.29, 1.82) is 0 Å². The molecular formula is C34H32N6O5S2. The Bertz CT molecular complexity index is 1890. The highest BCUT2D eigenvalue weighted by Gasteiger charge is 2.34. The molecule has 11 nitrogen and oxygen atoms in total. The Kier molecular flexibility index (Phi) is 9.83. The van der Waals surface area contributed by atoms with E-state index < -0.39 is 0 Å². The summed E-state index contributed by atoms with van der Waals surface area (Å²) in [6, 6.07) is 25.8. The van der Waals surface area contributed by atoms with Gasteiger partial charge in [-0.1, -0.05) is 48.2 Å². The first kappa shape index (κ1) is 31.8. The van der Waals surface area contributed by atoms with E-state index in [1.54, 1.807) is 66.5 Å². The molecule has 240 valence electrons. The van der Waals surface area contributed by atoms with Gasteiger partial charge in [0.25, 0.3) is 11.8 Å². The summed E-state index contributed by atoms with van der Waals surface area (Å²) in [6.07, 6.45) is 0.595. The van der Waals surface area contributed by atoms with E-state index in [1.165, 1.54) is 11.8 Å². The molecule has 0 spiro atoms. The molecule has 1 aliphatic heterocycles. The zero-order chi connectivity index (χ0) is 32.8. The zero-order valence-corrected chi connectivity index (χ0v) is 27.6. The van der Waals surface area contributed by atoms with E-state index in [4.69, 9.17) is 19.3 Å². The van der Waals surface area contributed by atoms with Crippen molar-refractivity contribution < 1.29 is 23.8 Å². The Hall–Kier alpha value is -5.14. The number of hydrogen-bond acceptors (Lipinski definition) is 10. The number of thioether (sulfide) groups is 1. The number of aromatic nitrogens is 3. The molecule has 1 atom stereocenters. The third-order valence-electron chi connectivity index (χ3n) is 7.56. The van der Waals surface area contributed by atoms with E-state index in [0.717, 1.165) is 21.9 Å². The molecule has 0 bridgehead atoms. The first-order valence-electron chi connectivity index (χ1n) is 14.7. The minimum Gasteiger partial charge on any atom is -0.497 e. The number of benzene rings is 3. The average molecular weight is 669 g/mol. The van der Waals surface area contributed by atoms with Crippen molar-refractivity contribution in [3.05, 3.63) is 112 Å². The number of nitrogens with one attached hydrogen (secondary N) is 1. The fourth-order valence-electron chi connectivity index (χ4n) is 5.20. The smallest absolute Gasteiger partial charge is 0.253 e. The lowest BCUT2D eigenvalue weighted by Gasteiger charge is -2.22. The molecule has 6 rings (SSSR count). The van der Waals surface area contributed by atoms with Crippen molar-refractivity contribution in [3.8, 4) is 22.9 Å². The summed E-state index contributed by atoms with van der Waals surface area (Å²) in [4.78, 5) is 27.9. The maximum Gasteiger partial charge on any atom is 0.253 e. The summed E-state index contributed by atoms with van der Waals surface area (Å²) in [7, 11) is 4.76. The van der Waals surface area contributed by atoms with Crippen LogP contribution in [0.1, 0.15) is 39.1 Å². The van der Waals surface area contributed by atoms with E-state index in [2.05, 4.69) is 15.5 Å². The molecule has 0 fully saturated rings. The van der Waals surface area contributed by atoms with Gasteiger partial charge >= 0.3 is 0 Å². The SMILES string of the molecule is COc1ccc([C@@H]2CC(c3cccs3)=NN2C(=O)CSc2nnc(CNC(=O)c3cccc(OC)c3)n2-c2ccccc2OC)cc1. The summed E-state index contributed by atoms with van der Waals surface area (Å²) < 4.78 is 18.0. The van der Waals surface area contributed by atoms with E-state index >= 15 is 0 Å². The predicted molar refractivity (Wildman–Crippen MR) is 181 cm³/mol. The van der Waals surface area contributed by atoms with Crippen LogP contribution in [-0.2, 0) is 11.3 Å². The number of carbonyl (C=O) groups excluding carboxylic acids is 2. The van der Waals surface area contributed by atoms with E-state index in [0.29, 0.717) is 40.2 Å². The van der Waals surface area contributed by atoms with Gasteiger partial charge in [0.1, 0.15) is 17.2 Å². The standard InChI is InChI=1S/C34H32N6O5S2/c1-43-24-15-13-22(14-16-24)28-19-26(30-12-7-17-46-30)38-40(28)32(41)21-47-34-37-36-31(39(34)27-10-4-5-11-29(27)45-3)20-35-33(42)23-8-6-9-25(18-23)44-2/h4-18,28H,19-21H2,1-3H3,(H,35,42)/t28-/m0/s1. The summed E-state index contributed by atoms with van der Waals surface area (Å²) in [5.74, 6) is 1.96. The molecule has 13 heteroatoms. The average Bonchev–Trinajstić information content (AvgIpc) is 3.90. The number of para-hydroxylation sites is 2. The normalized spacial score (nSPS) is 14.1. The van der Waals surface area contributed by atoms with E-state index in [9.17, 15) is 9.59 Å². The molecule has 2 amide bonds. The van der Waals surface area contributed by atoms with Gasteiger partial charge in [-0.3, -0.25) is 14.2 Å². The molecule has 47 heavy (non-hydrogen) atoms. The van der Waals surface area contributed by atoms with Crippen LogP contribution in [0, 0.1) is 0 Å². The first-order valence-corrected chi connectivity index (χ1v) is 16.6. The van der Waals surface area contributed by atoms with Crippen LogP contribution in [-0.4, -0.2) is 64.4 Å². The lowest BCUT2D eigenvalue weighted by Crippen LogP contribution is -2.28. The highest BCUT2D eigenvalue weighted by atomic mass is 32.2. The van der Waals surface area contributed by atoms with Gasteiger partial charge in [-0.05, 0) is 59.5 Å². The number of ether oxygens (including phenoxy) is 3. The molecule has 0 aliphatic carbocycles. The molecule has 1 N–H and O–H groups in total. The zero-order valence-electron chi connectivity index (χ0n) is 26.0. The Morgan fingerprint density at radius 2 is 1.72 bits per heavy atom. The second kappa shape index (κ2) is 14.5. The van der Waals surface area contributed by atoms with Crippen molar-refractivity contribution >= 4 is 40.6 Å². The van der Waals surface area contributed by atoms with Crippen molar-refractivity contribution in [2.24, 2.45) is 5.10 Å². The summed E-state index contributed by atoms with van der Waals surface area (Å²) in [5.41, 5.74) is 2.96. The molecule has 0 radical (unpaired) electrons. The monoisotopic (exact) mass is 668 g/mol. The fourth-order valence-corrected chi connectivity index (χ4v) is 6.74. The van der Waals surface area contributed by atoms with Gasteiger partial charge in [0.15, 0.2) is 11.0 Å². The number of carbonyl (C=O) groups is 2. The quantitative estimate of drug-likeness (QED) is 0.167. The molecule has 3 heterocycles. The lowest BCUT2D eigenvalue weighted by molar-refractivity contribution is -0.130. The number of thiophene rings is 1. The third kappa shape index (κ3) is 7.00. The van der Waals surface area contributed by atoms with Gasteiger partial charge in [0.2, 0.25) is 0 Å². The van der Waals surface area contributed by atoms with Gasteiger partial charge < -0.3 is 19.5 Å². The minimum absolute atomic E-state index is 0.0529. The second-order valence-electron chi connectivity index (χ2n) is 10.4. The van der Waals surface area contributed by atoms with Crippen LogP contribution in [0.3, 0.4) is 0 Å². The van der Waals surface area contributed by atoms with E-state index in [1.807, 2.05) is 66.0 Å². The lowest BCUT2D eigenvalue weighted by atomic mass is 10.0. The third-order valence-corrected chi connectivity index (χ3v) is 9.39. The highest BCUT2D eigenvalue weighted by molar-refractivity contribution is 7.99. The molecule has 3 aromatic carbocycles. The molecule has 2 aromatic heterocycles. The summed E-state index contributed by atoms with van der Waals surface area (Å²) >= 11 is 2.84. The number of hydrazone groups is 1. The summed E-state index contributed by atoms with van der Waals surface area (Å²) in [6.45, 7) is 0.0791. The maximum absolute atomic E-state index is 13.9. The Morgan fingerprint density at radius 3 is 2.47 bits per heavy atom. The van der Waals surface area contributed by atoms with Crippen molar-refractivity contribution in [2.45, 2.75) is 24.2 Å². The second-order valence-corrected chi connectivity index (χ2v) is 12.3. The molecule has 5 aromatic rings. The van der Waals surface area contributed by atoms with Gasteiger partial charge in [-0.2, -0.15) is 5.10 Å². The fraction of sp³-hybridized carbons (Fsp3) is 0.206. The van der Waals surface area contributed by atoms with Crippen molar-refractivity contribution in [3.63, 3.8) is 0 Å². The molecule has 1 aliphatic rings. The number of methoxy groups -OCH3 is 3. The van der Waals surface area contributed by atoms with Crippen molar-refractivity contribution in [1.82, 2.24) is 25.1 Å². The molecule has 0 saturated carbocycles. The molecular weight excluding hydrogens is 637 g/mol. The van der Waals surface area contributed by atoms with Crippen LogP contribution in [0.4, 0.5) is 0 Å². The van der Waals surface area contributed by atoms with Crippen LogP contribution in [0.5, 0.6) is 17.2 Å². The summed E-state index contributed by atoms with van der Waals surface area (Å²) in [5, 5.41) is 20.6. The van der Waals surface area contributed by atoms with Gasteiger partial charge in [-0.25, -0.2) is 5.01 Å². The van der Waals surface area contributed by atoms with Crippen LogP contribution in [0.15, 0.2) is 101 Å². The minimum atomic E-state index is -0.291. The van der Waals surface area contributed by atoms with Crippen LogP contribution in [0.2, 0.25) is 0 Å². The Morgan fingerprint density at radius 1 is 0.915 bits per heavy atom. The molecule has 0 unspecified atom stereocenters. The largest absolute Gasteiger partial charge is 0.497 e. The topological polar surface area (TPSA) is 120 Å². The number of hydrogen-bond donors (Lipinski definition) is 1. The first-order chi connectivity index (χ1) is 23.0. The predicted octanol–water partition coefficient (Wildman–Crippen LogP) is 5.75. The van der Waals surface area contributed by atoms with Crippen molar-refractivity contribution in [2.75, 3.05) is 27.1 Å². The van der Waals surface area contributed by atoms with Gasteiger partial charge in [0.05, 0.1) is 55.9 Å². The van der Waals surface area contributed by atoms with E-state index in [-0.39, 0.29) is 30.2 Å². The van der Waals surface area contributed by atoms with Crippen LogP contribution in [0.25, 0.3) is 5.69 Å². The highest BCUT2D eigenvalue weighted by Crippen LogP contribution is 2.36. The molecule has 0 saturated heterocycles. The van der Waals surface area contributed by atoms with Gasteiger partial charge in [-0.15, -0.1) is 21.5 Å². The number of nitrogens with zero attached hydrogens (tertiary/aromatic N) is 5. The van der Waals surface area contributed by atoms with Gasteiger partial charge in [0, 0.05) is 12.0 Å². The maximum atomic E-state index is 13.9. The van der Waals surface area contributed by atoms with Crippen LogP contribution >= 0.6 is 23.1 Å². The van der Waals surface area contributed by atoms with Crippen LogP contribution < -0.4 is 19.5 Å². The Balaban J connectivity index is 1.25. The Labute approximate surface area is 280 Å².